The third-order valence-corrected chi connectivity index (χ3v) is 2.50. The lowest BCUT2D eigenvalue weighted by Gasteiger charge is -2.09. The number of phenolic OH excluding ortho intramolecular Hbond substituents is 1. The van der Waals surface area contributed by atoms with Crippen molar-refractivity contribution in [2.45, 2.75) is 33.6 Å². The molecule has 0 aliphatic carbocycles. The molecule has 1 rings (SSSR count). The molecule has 3 heteroatoms. The van der Waals surface area contributed by atoms with E-state index < -0.39 is 0 Å². The van der Waals surface area contributed by atoms with Gasteiger partial charge in [-0.15, -0.1) is 0 Å². The van der Waals surface area contributed by atoms with Crippen molar-refractivity contribution < 1.29 is 14.7 Å². The van der Waals surface area contributed by atoms with Gasteiger partial charge in [-0.25, -0.2) is 0 Å². The Hall–Kier alpha value is -1.64. The molecule has 0 aliphatic heterocycles. The summed E-state index contributed by atoms with van der Waals surface area (Å²) >= 11 is 0. The highest BCUT2D eigenvalue weighted by Gasteiger charge is 2.14. The molecule has 3 nitrogen and oxygen atoms in total. The highest BCUT2D eigenvalue weighted by atomic mass is 16.3. The smallest absolute Gasteiger partial charge is 0.163 e. The van der Waals surface area contributed by atoms with Gasteiger partial charge in [-0.2, -0.15) is 0 Å². The lowest BCUT2D eigenvalue weighted by Crippen LogP contribution is -2.03. The Morgan fingerprint density at radius 1 is 1.12 bits per heavy atom. The number of carbonyl (C=O) groups is 2. The van der Waals surface area contributed by atoms with Gasteiger partial charge in [0.05, 0.1) is 5.56 Å². The summed E-state index contributed by atoms with van der Waals surface area (Å²) in [5.41, 5.74) is 1.55. The van der Waals surface area contributed by atoms with E-state index in [1.807, 2.05) is 6.92 Å². The molecule has 1 N–H and O–H groups in total. The summed E-state index contributed by atoms with van der Waals surface area (Å²) in [6, 6.07) is 3.02. The molecule has 0 saturated heterocycles. The molecule has 1 aromatic rings. The van der Waals surface area contributed by atoms with Crippen molar-refractivity contribution in [2.24, 2.45) is 0 Å². The van der Waals surface area contributed by atoms with E-state index in [0.717, 1.165) is 18.4 Å². The second-order valence-corrected chi connectivity index (χ2v) is 3.89. The van der Waals surface area contributed by atoms with Gasteiger partial charge in [0, 0.05) is 5.56 Å². The predicted octanol–water partition coefficient (Wildman–Crippen LogP) is 2.75. The summed E-state index contributed by atoms with van der Waals surface area (Å²) in [4.78, 5) is 22.7. The van der Waals surface area contributed by atoms with Gasteiger partial charge in [0.2, 0.25) is 0 Å². The van der Waals surface area contributed by atoms with Crippen LogP contribution in [0.5, 0.6) is 5.75 Å². The largest absolute Gasteiger partial charge is 0.507 e. The average Bonchev–Trinajstić information content (AvgIpc) is 2.17. The Labute approximate surface area is 95.1 Å². The fraction of sp³-hybridized carbons (Fsp3) is 0.385. The van der Waals surface area contributed by atoms with E-state index in [2.05, 4.69) is 0 Å². The molecule has 0 radical (unpaired) electrons. The van der Waals surface area contributed by atoms with Crippen molar-refractivity contribution in [2.75, 3.05) is 0 Å². The molecule has 1 aromatic carbocycles. The standard InChI is InChI=1S/C13H16O3/c1-4-5-10-6-13(16)12(9(3)15)7-11(10)8(2)14/h6-7,16H,4-5H2,1-3H3. The van der Waals surface area contributed by atoms with Crippen molar-refractivity contribution in [1.29, 1.82) is 0 Å². The Morgan fingerprint density at radius 3 is 2.12 bits per heavy atom. The van der Waals surface area contributed by atoms with Crippen LogP contribution in [0.2, 0.25) is 0 Å². The lowest BCUT2D eigenvalue weighted by atomic mass is 9.96. The molecule has 86 valence electrons. The summed E-state index contributed by atoms with van der Waals surface area (Å²) in [7, 11) is 0. The maximum absolute atomic E-state index is 11.4. The van der Waals surface area contributed by atoms with Crippen LogP contribution in [0, 0.1) is 0 Å². The minimum atomic E-state index is -0.233. The lowest BCUT2D eigenvalue weighted by molar-refractivity contribution is 0.101. The summed E-state index contributed by atoms with van der Waals surface area (Å²) < 4.78 is 0. The molecule has 0 aliphatic rings. The van der Waals surface area contributed by atoms with Gasteiger partial charge in [-0.05, 0) is 38.0 Å². The Balaban J connectivity index is 3.36. The van der Waals surface area contributed by atoms with E-state index in [9.17, 15) is 14.7 Å². The number of benzene rings is 1. The second kappa shape index (κ2) is 4.92. The molecule has 0 unspecified atom stereocenters. The second-order valence-electron chi connectivity index (χ2n) is 3.89. The molecule has 0 amide bonds. The van der Waals surface area contributed by atoms with Crippen LogP contribution in [0.25, 0.3) is 0 Å². The molecule has 0 fully saturated rings. The molecule has 0 heterocycles. The molecule has 0 bridgehead atoms. The first-order valence-electron chi connectivity index (χ1n) is 5.35. The van der Waals surface area contributed by atoms with Gasteiger partial charge in [0.15, 0.2) is 11.6 Å². The highest BCUT2D eigenvalue weighted by Crippen LogP contribution is 2.24. The first-order valence-corrected chi connectivity index (χ1v) is 5.35. The molecule has 0 aromatic heterocycles. The number of carbonyl (C=O) groups excluding carboxylic acids is 2. The van der Waals surface area contributed by atoms with E-state index in [4.69, 9.17) is 0 Å². The van der Waals surface area contributed by atoms with Crippen LogP contribution in [-0.4, -0.2) is 16.7 Å². The van der Waals surface area contributed by atoms with E-state index in [0.29, 0.717) is 5.56 Å². The highest BCUT2D eigenvalue weighted by molar-refractivity contribution is 6.02. The number of aryl methyl sites for hydroxylation is 1. The van der Waals surface area contributed by atoms with Crippen molar-refractivity contribution in [3.63, 3.8) is 0 Å². The van der Waals surface area contributed by atoms with Crippen LogP contribution in [0.4, 0.5) is 0 Å². The number of rotatable bonds is 4. The monoisotopic (exact) mass is 220 g/mol. The summed E-state index contributed by atoms with van der Waals surface area (Å²) in [5.74, 6) is -0.352. The van der Waals surface area contributed by atoms with Gasteiger partial charge in [0.25, 0.3) is 0 Å². The van der Waals surface area contributed by atoms with Crippen LogP contribution < -0.4 is 0 Å². The van der Waals surface area contributed by atoms with Gasteiger partial charge >= 0.3 is 0 Å². The van der Waals surface area contributed by atoms with E-state index in [-0.39, 0.29) is 22.9 Å². The predicted molar refractivity (Wildman–Crippen MR) is 62.1 cm³/mol. The third kappa shape index (κ3) is 2.48. The number of hydrogen-bond donors (Lipinski definition) is 1. The van der Waals surface area contributed by atoms with Gasteiger partial charge in [-0.1, -0.05) is 13.3 Å². The number of aromatic hydroxyl groups is 1. The minimum Gasteiger partial charge on any atom is -0.507 e. The molecule has 0 saturated carbocycles. The van der Waals surface area contributed by atoms with E-state index in [1.54, 1.807) is 0 Å². The zero-order chi connectivity index (χ0) is 12.3. The van der Waals surface area contributed by atoms with Crippen molar-refractivity contribution in [3.05, 3.63) is 28.8 Å². The number of Topliss-reactive ketones (excluding diaryl/α,β-unsaturated/α-hetero) is 2. The maximum Gasteiger partial charge on any atom is 0.163 e. The SMILES string of the molecule is CCCc1cc(O)c(C(C)=O)cc1C(C)=O. The van der Waals surface area contributed by atoms with E-state index in [1.165, 1.54) is 26.0 Å². The maximum atomic E-state index is 11.4. The summed E-state index contributed by atoms with van der Waals surface area (Å²) in [6.07, 6.45) is 1.61. The minimum absolute atomic E-state index is 0.0408. The van der Waals surface area contributed by atoms with Crippen LogP contribution in [0.15, 0.2) is 12.1 Å². The Kier molecular flexibility index (Phi) is 3.82. The van der Waals surface area contributed by atoms with Crippen LogP contribution in [0.3, 0.4) is 0 Å². The van der Waals surface area contributed by atoms with Crippen molar-refractivity contribution >= 4 is 11.6 Å². The first-order chi connectivity index (χ1) is 7.47. The number of hydrogen-bond acceptors (Lipinski definition) is 3. The van der Waals surface area contributed by atoms with Gasteiger partial charge < -0.3 is 5.11 Å². The number of phenols is 1. The van der Waals surface area contributed by atoms with E-state index >= 15 is 0 Å². The van der Waals surface area contributed by atoms with Crippen LogP contribution in [-0.2, 0) is 6.42 Å². The Bertz CT molecular complexity index is 433. The van der Waals surface area contributed by atoms with Gasteiger partial charge in [-0.3, -0.25) is 9.59 Å². The molecule has 0 atom stereocenters. The quantitative estimate of drug-likeness (QED) is 0.794. The molecule has 0 spiro atoms. The third-order valence-electron chi connectivity index (χ3n) is 2.50. The van der Waals surface area contributed by atoms with Crippen LogP contribution >= 0.6 is 0 Å². The normalized spacial score (nSPS) is 10.2. The number of ketones is 2. The molecule has 16 heavy (non-hydrogen) atoms. The van der Waals surface area contributed by atoms with Crippen LogP contribution in [0.1, 0.15) is 53.5 Å². The zero-order valence-electron chi connectivity index (χ0n) is 9.83. The first kappa shape index (κ1) is 12.4. The van der Waals surface area contributed by atoms with Gasteiger partial charge in [0.1, 0.15) is 5.75 Å². The van der Waals surface area contributed by atoms with Crippen molar-refractivity contribution in [1.82, 2.24) is 0 Å². The molecular formula is C13H16O3. The molecular weight excluding hydrogens is 204 g/mol. The average molecular weight is 220 g/mol. The summed E-state index contributed by atoms with van der Waals surface area (Å²) in [5, 5.41) is 9.66. The fourth-order valence-electron chi connectivity index (χ4n) is 1.72. The topological polar surface area (TPSA) is 54.4 Å². The fourth-order valence-corrected chi connectivity index (χ4v) is 1.72. The summed E-state index contributed by atoms with van der Waals surface area (Å²) in [6.45, 7) is 4.84. The zero-order valence-corrected chi connectivity index (χ0v) is 9.83. The Morgan fingerprint density at radius 2 is 1.69 bits per heavy atom. The van der Waals surface area contributed by atoms with Crippen molar-refractivity contribution in [3.8, 4) is 5.75 Å².